The number of amides is 1. The molecule has 0 aromatic carbocycles. The van der Waals surface area contributed by atoms with Crippen molar-refractivity contribution in [2.24, 2.45) is 0 Å². The highest BCUT2D eigenvalue weighted by Gasteiger charge is 2.31. The van der Waals surface area contributed by atoms with Crippen molar-refractivity contribution in [1.82, 2.24) is 20.3 Å². The molecular formula is C14H18N4O2. The van der Waals surface area contributed by atoms with Gasteiger partial charge in [-0.25, -0.2) is 0 Å². The van der Waals surface area contributed by atoms with Gasteiger partial charge in [-0.3, -0.25) is 9.89 Å². The summed E-state index contributed by atoms with van der Waals surface area (Å²) in [5.41, 5.74) is 2.48. The summed E-state index contributed by atoms with van der Waals surface area (Å²) in [5, 5.41) is 10.9. The van der Waals surface area contributed by atoms with Gasteiger partial charge in [0.1, 0.15) is 11.3 Å². The molecule has 0 bridgehead atoms. The van der Waals surface area contributed by atoms with Gasteiger partial charge >= 0.3 is 0 Å². The highest BCUT2D eigenvalue weighted by molar-refractivity contribution is 5.96. The van der Waals surface area contributed by atoms with Crippen LogP contribution in [0.1, 0.15) is 46.8 Å². The summed E-state index contributed by atoms with van der Waals surface area (Å²) in [5.74, 6) is 0.978. The molecule has 1 amide bonds. The second-order valence-corrected chi connectivity index (χ2v) is 5.16. The first-order chi connectivity index (χ1) is 9.70. The van der Waals surface area contributed by atoms with Gasteiger partial charge in [0.15, 0.2) is 0 Å². The summed E-state index contributed by atoms with van der Waals surface area (Å²) in [6, 6.07) is 1.97. The second-order valence-electron chi connectivity index (χ2n) is 5.16. The molecule has 6 nitrogen and oxygen atoms in total. The van der Waals surface area contributed by atoms with Gasteiger partial charge in [0.25, 0.3) is 5.91 Å². The molecule has 1 aliphatic rings. The molecule has 0 spiro atoms. The van der Waals surface area contributed by atoms with E-state index in [1.54, 1.807) is 13.1 Å². The van der Waals surface area contributed by atoms with E-state index in [0.717, 1.165) is 30.9 Å². The lowest BCUT2D eigenvalue weighted by atomic mass is 10.1. The molecule has 0 unspecified atom stereocenters. The van der Waals surface area contributed by atoms with E-state index < -0.39 is 0 Å². The quantitative estimate of drug-likeness (QED) is 0.927. The minimum atomic E-state index is 0.0302. The molecule has 0 saturated carbocycles. The van der Waals surface area contributed by atoms with Crippen molar-refractivity contribution < 1.29 is 9.32 Å². The van der Waals surface area contributed by atoms with E-state index in [2.05, 4.69) is 15.4 Å². The minimum Gasteiger partial charge on any atom is -0.361 e. The molecule has 6 heteroatoms. The standard InChI is InChI=1S/C14H18N4O2/c1-3-11-13(9(2)20-17-11)14(19)18-7-5-10(8-18)12-4-6-15-16-12/h4,6,10H,3,5,7-8H2,1-2H3,(H,15,16)/t10-/m0/s1. The van der Waals surface area contributed by atoms with E-state index in [1.807, 2.05) is 17.9 Å². The number of nitrogens with zero attached hydrogens (tertiary/aromatic N) is 3. The Morgan fingerprint density at radius 2 is 2.45 bits per heavy atom. The Balaban J connectivity index is 1.77. The molecule has 1 aliphatic heterocycles. The first-order valence-electron chi connectivity index (χ1n) is 6.94. The number of aromatic amines is 1. The molecular weight excluding hydrogens is 256 g/mol. The highest BCUT2D eigenvalue weighted by atomic mass is 16.5. The molecule has 1 N–H and O–H groups in total. The topological polar surface area (TPSA) is 75.0 Å². The molecule has 1 atom stereocenters. The number of nitrogens with one attached hydrogen (secondary N) is 1. The fraction of sp³-hybridized carbons (Fsp3) is 0.500. The number of aryl methyl sites for hydroxylation is 2. The smallest absolute Gasteiger partial charge is 0.259 e. The third-order valence-electron chi connectivity index (χ3n) is 3.92. The first-order valence-corrected chi connectivity index (χ1v) is 6.94. The number of hydrogen-bond donors (Lipinski definition) is 1. The number of rotatable bonds is 3. The molecule has 2 aromatic heterocycles. The molecule has 20 heavy (non-hydrogen) atoms. The fourth-order valence-corrected chi connectivity index (χ4v) is 2.78. The zero-order valence-electron chi connectivity index (χ0n) is 11.7. The van der Waals surface area contributed by atoms with Crippen molar-refractivity contribution in [3.05, 3.63) is 35.0 Å². The summed E-state index contributed by atoms with van der Waals surface area (Å²) >= 11 is 0. The SMILES string of the molecule is CCc1noc(C)c1C(=O)N1CC[C@H](c2ccn[nH]2)C1. The minimum absolute atomic E-state index is 0.0302. The Labute approximate surface area is 117 Å². The zero-order chi connectivity index (χ0) is 14.1. The van der Waals surface area contributed by atoms with E-state index >= 15 is 0 Å². The van der Waals surface area contributed by atoms with Gasteiger partial charge in [0.05, 0.1) is 5.69 Å². The van der Waals surface area contributed by atoms with Gasteiger partial charge < -0.3 is 9.42 Å². The van der Waals surface area contributed by atoms with E-state index in [9.17, 15) is 4.79 Å². The van der Waals surface area contributed by atoms with E-state index in [1.165, 1.54) is 0 Å². The van der Waals surface area contributed by atoms with Crippen LogP contribution in [0.5, 0.6) is 0 Å². The number of likely N-dealkylation sites (tertiary alicyclic amines) is 1. The van der Waals surface area contributed by atoms with E-state index in [0.29, 0.717) is 23.7 Å². The number of hydrogen-bond acceptors (Lipinski definition) is 4. The van der Waals surface area contributed by atoms with Gasteiger partial charge in [-0.05, 0) is 25.8 Å². The number of carbonyl (C=O) groups excluding carboxylic acids is 1. The molecule has 106 valence electrons. The van der Waals surface area contributed by atoms with Gasteiger partial charge in [-0.15, -0.1) is 0 Å². The Morgan fingerprint density at radius 1 is 1.60 bits per heavy atom. The normalized spacial score (nSPS) is 18.7. The average molecular weight is 274 g/mol. The van der Waals surface area contributed by atoms with Crippen molar-refractivity contribution in [2.45, 2.75) is 32.6 Å². The molecule has 3 heterocycles. The zero-order valence-corrected chi connectivity index (χ0v) is 11.7. The Kier molecular flexibility index (Phi) is 3.30. The van der Waals surface area contributed by atoms with Crippen molar-refractivity contribution in [2.75, 3.05) is 13.1 Å². The maximum Gasteiger partial charge on any atom is 0.259 e. The summed E-state index contributed by atoms with van der Waals surface area (Å²) in [4.78, 5) is 14.5. The van der Waals surface area contributed by atoms with Crippen LogP contribution in [0.15, 0.2) is 16.8 Å². The van der Waals surface area contributed by atoms with Crippen LogP contribution >= 0.6 is 0 Å². The van der Waals surface area contributed by atoms with Crippen molar-refractivity contribution in [1.29, 1.82) is 0 Å². The maximum atomic E-state index is 12.6. The van der Waals surface area contributed by atoms with E-state index in [4.69, 9.17) is 4.52 Å². The average Bonchev–Trinajstić information content (AvgIpc) is 3.17. The third kappa shape index (κ3) is 2.11. The largest absolute Gasteiger partial charge is 0.361 e. The predicted molar refractivity (Wildman–Crippen MR) is 72.5 cm³/mol. The van der Waals surface area contributed by atoms with Crippen molar-refractivity contribution in [3.63, 3.8) is 0 Å². The van der Waals surface area contributed by atoms with Crippen LogP contribution < -0.4 is 0 Å². The Hall–Kier alpha value is -2.11. The molecule has 1 fully saturated rings. The highest BCUT2D eigenvalue weighted by Crippen LogP contribution is 2.28. The molecule has 1 saturated heterocycles. The van der Waals surface area contributed by atoms with Crippen molar-refractivity contribution in [3.8, 4) is 0 Å². The van der Waals surface area contributed by atoms with Gasteiger partial charge in [0, 0.05) is 30.9 Å². The maximum absolute atomic E-state index is 12.6. The molecule has 0 radical (unpaired) electrons. The lowest BCUT2D eigenvalue weighted by Crippen LogP contribution is -2.29. The lowest BCUT2D eigenvalue weighted by Gasteiger charge is -2.16. The van der Waals surface area contributed by atoms with Gasteiger partial charge in [-0.2, -0.15) is 5.10 Å². The lowest BCUT2D eigenvalue weighted by molar-refractivity contribution is 0.0788. The summed E-state index contributed by atoms with van der Waals surface area (Å²) in [7, 11) is 0. The number of H-pyrrole nitrogens is 1. The summed E-state index contributed by atoms with van der Waals surface area (Å²) in [6.45, 7) is 5.25. The van der Waals surface area contributed by atoms with Crippen LogP contribution in [0.4, 0.5) is 0 Å². The molecule has 3 rings (SSSR count). The monoisotopic (exact) mass is 274 g/mol. The Morgan fingerprint density at radius 3 is 3.15 bits per heavy atom. The van der Waals surface area contributed by atoms with E-state index in [-0.39, 0.29) is 5.91 Å². The predicted octanol–water partition coefficient (Wildman–Crippen LogP) is 1.90. The van der Waals surface area contributed by atoms with Crippen LogP contribution in [-0.2, 0) is 6.42 Å². The summed E-state index contributed by atoms with van der Waals surface area (Å²) in [6.07, 6.45) is 3.41. The third-order valence-corrected chi connectivity index (χ3v) is 3.92. The Bertz CT molecular complexity index is 603. The van der Waals surface area contributed by atoms with Crippen LogP contribution in [-0.4, -0.2) is 39.3 Å². The van der Waals surface area contributed by atoms with Gasteiger partial charge in [-0.1, -0.05) is 12.1 Å². The molecule has 2 aromatic rings. The number of aromatic nitrogens is 3. The van der Waals surface area contributed by atoms with Crippen LogP contribution in [0.3, 0.4) is 0 Å². The fourth-order valence-electron chi connectivity index (χ4n) is 2.78. The first kappa shape index (κ1) is 12.9. The summed E-state index contributed by atoms with van der Waals surface area (Å²) < 4.78 is 5.15. The van der Waals surface area contributed by atoms with Gasteiger partial charge in [0.2, 0.25) is 0 Å². The van der Waals surface area contributed by atoms with Crippen LogP contribution in [0.25, 0.3) is 0 Å². The van der Waals surface area contributed by atoms with Crippen LogP contribution in [0, 0.1) is 6.92 Å². The van der Waals surface area contributed by atoms with Crippen molar-refractivity contribution >= 4 is 5.91 Å². The van der Waals surface area contributed by atoms with Crippen LogP contribution in [0.2, 0.25) is 0 Å². The molecule has 0 aliphatic carbocycles. The number of carbonyl (C=O) groups is 1. The second kappa shape index (κ2) is 5.11.